The molecule has 2 atom stereocenters. The number of alkyl carbamates (subject to hydrolysis) is 1. The molecule has 0 fully saturated rings. The van der Waals surface area contributed by atoms with Crippen molar-refractivity contribution >= 4 is 16.9 Å². The molecule has 0 aromatic heterocycles. The average Bonchev–Trinajstić information content (AvgIpc) is 3.19. The van der Waals surface area contributed by atoms with Crippen LogP contribution in [0, 0.1) is 0 Å². The van der Waals surface area contributed by atoms with Crippen LogP contribution in [0.5, 0.6) is 5.75 Å². The van der Waals surface area contributed by atoms with Crippen LogP contribution in [0.4, 0.5) is 4.79 Å². The maximum absolute atomic E-state index is 12.4. The van der Waals surface area contributed by atoms with Gasteiger partial charge in [0.25, 0.3) is 0 Å². The summed E-state index contributed by atoms with van der Waals surface area (Å²) in [6.07, 6.45) is -3.39. The molecular formula is C28H25NO5. The number of carbonyl (C=O) groups is 1. The quantitative estimate of drug-likeness (QED) is 0.344. The fourth-order valence-corrected chi connectivity index (χ4v) is 4.67. The molecule has 0 aliphatic heterocycles. The van der Waals surface area contributed by atoms with Gasteiger partial charge in [-0.1, -0.05) is 84.9 Å². The number of hydrogen-bond donors (Lipinski definition) is 4. The molecule has 1 amide bonds. The maximum Gasteiger partial charge on any atom is 0.407 e. The van der Waals surface area contributed by atoms with E-state index < -0.39 is 18.3 Å². The molecule has 0 spiro atoms. The first-order valence-corrected chi connectivity index (χ1v) is 11.2. The topological polar surface area (TPSA) is 99.0 Å². The summed E-state index contributed by atoms with van der Waals surface area (Å²) >= 11 is 0. The Hall–Kier alpha value is -3.87. The van der Waals surface area contributed by atoms with E-state index in [1.807, 2.05) is 48.5 Å². The van der Waals surface area contributed by atoms with Gasteiger partial charge < -0.3 is 25.4 Å². The van der Waals surface area contributed by atoms with E-state index in [1.54, 1.807) is 24.3 Å². The molecule has 0 heterocycles. The molecule has 0 radical (unpaired) electrons. The summed E-state index contributed by atoms with van der Waals surface area (Å²) in [6, 6.07) is 26.7. The second-order valence-electron chi connectivity index (χ2n) is 8.44. The molecule has 34 heavy (non-hydrogen) atoms. The van der Waals surface area contributed by atoms with Gasteiger partial charge in [0.05, 0.1) is 0 Å². The number of phenols is 1. The first kappa shape index (κ1) is 21.9. The molecule has 1 aliphatic carbocycles. The molecule has 2 unspecified atom stereocenters. The molecule has 1 aliphatic rings. The summed E-state index contributed by atoms with van der Waals surface area (Å²) < 4.78 is 5.46. The van der Waals surface area contributed by atoms with E-state index in [0.717, 1.165) is 27.6 Å². The summed E-state index contributed by atoms with van der Waals surface area (Å²) in [7, 11) is 0. The zero-order valence-corrected chi connectivity index (χ0v) is 18.4. The van der Waals surface area contributed by atoms with Gasteiger partial charge in [-0.25, -0.2) is 4.79 Å². The number of nitrogens with one attached hydrogen (secondary N) is 1. The molecule has 0 saturated heterocycles. The van der Waals surface area contributed by atoms with Crippen molar-refractivity contribution in [3.63, 3.8) is 0 Å². The number of aliphatic hydroxyl groups is 2. The van der Waals surface area contributed by atoms with E-state index in [1.165, 1.54) is 0 Å². The minimum absolute atomic E-state index is 0.0665. The minimum atomic E-state index is -1.38. The van der Waals surface area contributed by atoms with Crippen molar-refractivity contribution in [2.45, 2.75) is 18.1 Å². The second kappa shape index (κ2) is 9.17. The summed E-state index contributed by atoms with van der Waals surface area (Å²) in [5.74, 6) is -0.158. The highest BCUT2D eigenvalue weighted by atomic mass is 16.5. The molecular weight excluding hydrogens is 430 g/mol. The average molecular weight is 456 g/mol. The standard InChI is InChI=1S/C28H25NO5/c30-25(27(32)23-14-13-17-7-1-2-8-18(17)26(23)31)15-29-28(33)34-16-24-21-11-5-3-9-19(21)20-10-4-6-12-22(20)24/h1-14,24-25,27,30-32H,15-16H2,(H,29,33). The Balaban J connectivity index is 1.21. The van der Waals surface area contributed by atoms with Crippen LogP contribution in [0.2, 0.25) is 0 Å². The first-order chi connectivity index (χ1) is 16.5. The lowest BCUT2D eigenvalue weighted by Gasteiger charge is -2.20. The van der Waals surface area contributed by atoms with Gasteiger partial charge in [0, 0.05) is 23.4 Å². The van der Waals surface area contributed by atoms with Crippen molar-refractivity contribution in [3.8, 4) is 16.9 Å². The second-order valence-corrected chi connectivity index (χ2v) is 8.44. The van der Waals surface area contributed by atoms with Crippen LogP contribution >= 0.6 is 0 Å². The highest BCUT2D eigenvalue weighted by molar-refractivity contribution is 5.89. The molecule has 4 aromatic carbocycles. The van der Waals surface area contributed by atoms with Crippen LogP contribution in [-0.2, 0) is 4.74 Å². The van der Waals surface area contributed by atoms with Crippen molar-refractivity contribution in [1.29, 1.82) is 0 Å². The fraction of sp³-hybridized carbons (Fsp3) is 0.179. The predicted molar refractivity (Wildman–Crippen MR) is 130 cm³/mol. The van der Waals surface area contributed by atoms with E-state index in [9.17, 15) is 20.1 Å². The number of hydrogen-bond acceptors (Lipinski definition) is 5. The van der Waals surface area contributed by atoms with Crippen molar-refractivity contribution in [2.75, 3.05) is 13.2 Å². The Labute approximate surface area is 197 Å². The van der Waals surface area contributed by atoms with Gasteiger partial charge in [0.15, 0.2) is 0 Å². The van der Waals surface area contributed by atoms with Gasteiger partial charge in [0.1, 0.15) is 24.6 Å². The van der Waals surface area contributed by atoms with Crippen molar-refractivity contribution in [2.24, 2.45) is 0 Å². The van der Waals surface area contributed by atoms with Crippen LogP contribution in [0.1, 0.15) is 28.7 Å². The number of amides is 1. The minimum Gasteiger partial charge on any atom is -0.507 e. The molecule has 172 valence electrons. The van der Waals surface area contributed by atoms with Crippen molar-refractivity contribution in [3.05, 3.63) is 102 Å². The Bertz CT molecular complexity index is 1310. The largest absolute Gasteiger partial charge is 0.507 e. The lowest BCUT2D eigenvalue weighted by atomic mass is 9.98. The number of aromatic hydroxyl groups is 1. The number of fused-ring (bicyclic) bond motifs is 4. The normalized spacial score (nSPS) is 14.3. The fourth-order valence-electron chi connectivity index (χ4n) is 4.67. The van der Waals surface area contributed by atoms with E-state index in [-0.39, 0.29) is 30.4 Å². The van der Waals surface area contributed by atoms with Gasteiger partial charge in [-0.2, -0.15) is 0 Å². The lowest BCUT2D eigenvalue weighted by molar-refractivity contribution is 0.0174. The van der Waals surface area contributed by atoms with E-state index in [4.69, 9.17) is 4.74 Å². The number of ether oxygens (including phenoxy) is 1. The van der Waals surface area contributed by atoms with Crippen LogP contribution < -0.4 is 5.32 Å². The third-order valence-electron chi connectivity index (χ3n) is 6.41. The van der Waals surface area contributed by atoms with Crippen molar-refractivity contribution in [1.82, 2.24) is 5.32 Å². The molecule has 6 nitrogen and oxygen atoms in total. The third kappa shape index (κ3) is 3.98. The number of phenolic OH excluding ortho intramolecular Hbond substituents is 1. The monoisotopic (exact) mass is 455 g/mol. The lowest BCUT2D eigenvalue weighted by Crippen LogP contribution is -2.36. The zero-order valence-electron chi connectivity index (χ0n) is 18.4. The highest BCUT2D eigenvalue weighted by Crippen LogP contribution is 2.44. The summed E-state index contributed by atoms with van der Waals surface area (Å²) in [5.41, 5.74) is 4.69. The predicted octanol–water partition coefficient (Wildman–Crippen LogP) is 4.48. The van der Waals surface area contributed by atoms with E-state index in [0.29, 0.717) is 5.39 Å². The Kier molecular flexibility index (Phi) is 5.92. The zero-order chi connectivity index (χ0) is 23.7. The summed E-state index contributed by atoms with van der Waals surface area (Å²) in [4.78, 5) is 12.4. The van der Waals surface area contributed by atoms with Crippen LogP contribution in [0.15, 0.2) is 84.9 Å². The van der Waals surface area contributed by atoms with Crippen molar-refractivity contribution < 1.29 is 24.9 Å². The maximum atomic E-state index is 12.4. The van der Waals surface area contributed by atoms with Gasteiger partial charge in [-0.05, 0) is 27.6 Å². The number of rotatable bonds is 6. The molecule has 0 saturated carbocycles. The number of benzene rings is 4. The SMILES string of the molecule is O=C(NCC(O)C(O)c1ccc2ccccc2c1O)OCC1c2ccccc2-c2ccccc21. The van der Waals surface area contributed by atoms with E-state index >= 15 is 0 Å². The molecule has 5 rings (SSSR count). The van der Waals surface area contributed by atoms with Crippen LogP contribution in [0.25, 0.3) is 21.9 Å². The van der Waals surface area contributed by atoms with E-state index in [2.05, 4.69) is 17.4 Å². The first-order valence-electron chi connectivity index (χ1n) is 11.2. The third-order valence-corrected chi connectivity index (χ3v) is 6.41. The highest BCUT2D eigenvalue weighted by Gasteiger charge is 2.29. The molecule has 6 heteroatoms. The van der Waals surface area contributed by atoms with Gasteiger partial charge in [-0.15, -0.1) is 0 Å². The Morgan fingerprint density at radius 2 is 1.47 bits per heavy atom. The number of carbonyl (C=O) groups excluding carboxylic acids is 1. The number of aliphatic hydroxyl groups excluding tert-OH is 2. The summed E-state index contributed by atoms with van der Waals surface area (Å²) in [6.45, 7) is -0.0753. The van der Waals surface area contributed by atoms with Gasteiger partial charge in [0.2, 0.25) is 0 Å². The molecule has 4 aromatic rings. The Morgan fingerprint density at radius 1 is 0.853 bits per heavy atom. The van der Waals surface area contributed by atoms with Gasteiger partial charge in [-0.3, -0.25) is 0 Å². The Morgan fingerprint density at radius 3 is 2.18 bits per heavy atom. The molecule has 4 N–H and O–H groups in total. The van der Waals surface area contributed by atoms with Crippen LogP contribution in [0.3, 0.4) is 0 Å². The summed E-state index contributed by atoms with van der Waals surface area (Å²) in [5, 5.41) is 35.4. The molecule has 0 bridgehead atoms. The smallest absolute Gasteiger partial charge is 0.407 e. The van der Waals surface area contributed by atoms with Gasteiger partial charge >= 0.3 is 6.09 Å². The van der Waals surface area contributed by atoms with Crippen LogP contribution in [-0.4, -0.2) is 40.7 Å².